The summed E-state index contributed by atoms with van der Waals surface area (Å²) >= 11 is 0. The summed E-state index contributed by atoms with van der Waals surface area (Å²) < 4.78 is 0. The molecule has 2 amide bonds. The Labute approximate surface area is 129 Å². The van der Waals surface area contributed by atoms with Gasteiger partial charge in [0.2, 0.25) is 5.91 Å². The molecule has 0 aliphatic carbocycles. The number of rotatable bonds is 7. The van der Waals surface area contributed by atoms with Gasteiger partial charge in [-0.2, -0.15) is 0 Å². The Hall–Kier alpha value is -2.25. The number of amides is 2. The molecule has 8 heteroatoms. The lowest BCUT2D eigenvalue weighted by Gasteiger charge is -2.31. The van der Waals surface area contributed by atoms with Gasteiger partial charge in [-0.25, -0.2) is 0 Å². The predicted octanol–water partition coefficient (Wildman–Crippen LogP) is 0.556. The number of carboxylic acid groups (broad SMARTS) is 1. The summed E-state index contributed by atoms with van der Waals surface area (Å²) in [5, 5.41) is 28.4. The van der Waals surface area contributed by atoms with Crippen LogP contribution in [-0.4, -0.2) is 46.4 Å². The van der Waals surface area contributed by atoms with Crippen LogP contribution in [0.1, 0.15) is 41.0 Å². The van der Waals surface area contributed by atoms with E-state index in [0.717, 1.165) is 0 Å². The van der Waals surface area contributed by atoms with Crippen LogP contribution in [0.25, 0.3) is 0 Å². The van der Waals surface area contributed by atoms with E-state index in [4.69, 9.17) is 15.9 Å². The summed E-state index contributed by atoms with van der Waals surface area (Å²) in [6.45, 7) is 7.95. The lowest BCUT2D eigenvalue weighted by molar-refractivity contribution is -0.142. The Morgan fingerprint density at radius 2 is 1.64 bits per heavy atom. The number of nitrogens with one attached hydrogen (secondary N) is 4. The molecule has 0 spiro atoms. The first-order valence-corrected chi connectivity index (χ1v) is 6.81. The molecule has 0 radical (unpaired) electrons. The number of carbonyl (C=O) groups is 3. The van der Waals surface area contributed by atoms with Crippen molar-refractivity contribution in [3.8, 4) is 0 Å². The maximum absolute atomic E-state index is 12.2. The Balaban J connectivity index is 5.05. The Morgan fingerprint density at radius 1 is 1.14 bits per heavy atom. The van der Waals surface area contributed by atoms with E-state index in [-0.39, 0.29) is 17.8 Å². The maximum Gasteiger partial charge on any atom is 0.325 e. The van der Waals surface area contributed by atoms with Gasteiger partial charge in [0.25, 0.3) is 5.91 Å². The lowest BCUT2D eigenvalue weighted by Crippen LogP contribution is -2.57. The zero-order valence-corrected chi connectivity index (χ0v) is 13.5. The van der Waals surface area contributed by atoms with E-state index < -0.39 is 35.3 Å². The molecule has 0 rings (SSSR count). The lowest BCUT2D eigenvalue weighted by atomic mass is 9.85. The van der Waals surface area contributed by atoms with Crippen LogP contribution in [0.4, 0.5) is 0 Å². The van der Waals surface area contributed by atoms with E-state index >= 15 is 0 Å². The van der Waals surface area contributed by atoms with E-state index in [2.05, 4.69) is 10.6 Å². The van der Waals surface area contributed by atoms with E-state index in [1.807, 2.05) is 0 Å². The molecule has 8 nitrogen and oxygen atoms in total. The van der Waals surface area contributed by atoms with Gasteiger partial charge >= 0.3 is 5.97 Å². The SMILES string of the molecule is CC(=N)CC(=N)C(=O)NC(C(=O)NC(C)C(=O)O)C(C)(C)C. The second kappa shape index (κ2) is 7.67. The number of hydrogen-bond donors (Lipinski definition) is 5. The minimum atomic E-state index is -1.18. The first-order valence-electron chi connectivity index (χ1n) is 6.81. The molecule has 0 aromatic carbocycles. The van der Waals surface area contributed by atoms with Crippen molar-refractivity contribution >= 4 is 29.2 Å². The summed E-state index contributed by atoms with van der Waals surface area (Å²) in [5.74, 6) is -2.56. The Morgan fingerprint density at radius 3 is 2.00 bits per heavy atom. The second-order valence-corrected chi connectivity index (χ2v) is 6.28. The normalized spacial score (nSPS) is 13.7. The predicted molar refractivity (Wildman–Crippen MR) is 82.4 cm³/mol. The van der Waals surface area contributed by atoms with Gasteiger partial charge in [-0.15, -0.1) is 0 Å². The van der Waals surface area contributed by atoms with Gasteiger partial charge in [0.05, 0.1) is 0 Å². The fraction of sp³-hybridized carbons (Fsp3) is 0.643. The molecule has 0 aromatic rings. The van der Waals surface area contributed by atoms with Gasteiger partial charge in [-0.05, 0) is 19.3 Å². The topological polar surface area (TPSA) is 143 Å². The van der Waals surface area contributed by atoms with Crippen LogP contribution in [0, 0.1) is 16.2 Å². The highest BCUT2D eigenvalue weighted by Gasteiger charge is 2.34. The molecule has 0 aliphatic rings. The highest BCUT2D eigenvalue weighted by molar-refractivity contribution is 6.41. The van der Waals surface area contributed by atoms with Crippen LogP contribution in [-0.2, 0) is 14.4 Å². The van der Waals surface area contributed by atoms with E-state index in [1.165, 1.54) is 13.8 Å². The van der Waals surface area contributed by atoms with Gasteiger partial charge in [0, 0.05) is 12.1 Å². The van der Waals surface area contributed by atoms with Gasteiger partial charge in [-0.3, -0.25) is 19.8 Å². The highest BCUT2D eigenvalue weighted by atomic mass is 16.4. The highest BCUT2D eigenvalue weighted by Crippen LogP contribution is 2.19. The van der Waals surface area contributed by atoms with Gasteiger partial charge < -0.3 is 21.1 Å². The van der Waals surface area contributed by atoms with Crippen LogP contribution in [0.2, 0.25) is 0 Å². The molecule has 5 N–H and O–H groups in total. The third kappa shape index (κ3) is 6.47. The van der Waals surface area contributed by atoms with E-state index in [9.17, 15) is 14.4 Å². The van der Waals surface area contributed by atoms with Crippen LogP contribution in [0.5, 0.6) is 0 Å². The molecule has 124 valence electrons. The first kappa shape index (κ1) is 19.8. The van der Waals surface area contributed by atoms with Crippen LogP contribution >= 0.6 is 0 Å². The quantitative estimate of drug-likeness (QED) is 0.437. The van der Waals surface area contributed by atoms with Crippen molar-refractivity contribution in [1.82, 2.24) is 10.6 Å². The van der Waals surface area contributed by atoms with Crippen LogP contribution in [0.3, 0.4) is 0 Å². The van der Waals surface area contributed by atoms with Crippen molar-refractivity contribution in [2.24, 2.45) is 5.41 Å². The monoisotopic (exact) mass is 312 g/mol. The molecule has 0 fully saturated rings. The molecular weight excluding hydrogens is 288 g/mol. The first-order chi connectivity index (χ1) is 9.86. The standard InChI is InChI=1S/C14H24N4O4/c1-7(15)6-9(16)11(19)18-10(14(3,4)5)12(20)17-8(2)13(21)22/h8,10,15-16H,6H2,1-5H3,(H,17,20)(H,18,19)(H,21,22). The molecule has 0 bridgehead atoms. The minimum absolute atomic E-state index is 0.101. The number of aliphatic carboxylic acids is 1. The van der Waals surface area contributed by atoms with Gasteiger partial charge in [0.1, 0.15) is 17.8 Å². The zero-order chi connectivity index (χ0) is 17.7. The molecule has 0 heterocycles. The Bertz CT molecular complexity index is 494. The van der Waals surface area contributed by atoms with Crippen molar-refractivity contribution in [1.29, 1.82) is 10.8 Å². The maximum atomic E-state index is 12.2. The number of carboxylic acids is 1. The summed E-state index contributed by atoms with van der Waals surface area (Å²) in [7, 11) is 0. The third-order valence-electron chi connectivity index (χ3n) is 2.85. The van der Waals surface area contributed by atoms with Crippen LogP contribution < -0.4 is 10.6 Å². The summed E-state index contributed by atoms with van der Waals surface area (Å²) in [4.78, 5) is 34.9. The van der Waals surface area contributed by atoms with Gasteiger partial charge in [0.15, 0.2) is 0 Å². The number of carbonyl (C=O) groups excluding carboxylic acids is 2. The molecule has 0 saturated heterocycles. The van der Waals surface area contributed by atoms with E-state index in [0.29, 0.717) is 0 Å². The van der Waals surface area contributed by atoms with Crippen molar-refractivity contribution in [2.75, 3.05) is 0 Å². The summed E-state index contributed by atoms with van der Waals surface area (Å²) in [6, 6.07) is -2.08. The molecule has 2 unspecified atom stereocenters. The average Bonchev–Trinajstić information content (AvgIpc) is 2.32. The fourth-order valence-electron chi connectivity index (χ4n) is 1.60. The average molecular weight is 312 g/mol. The van der Waals surface area contributed by atoms with Gasteiger partial charge in [-0.1, -0.05) is 20.8 Å². The summed E-state index contributed by atoms with van der Waals surface area (Å²) in [5.41, 5.74) is -0.824. The number of hydrogen-bond acceptors (Lipinski definition) is 5. The summed E-state index contributed by atoms with van der Waals surface area (Å²) in [6.07, 6.45) is -0.101. The smallest absolute Gasteiger partial charge is 0.325 e. The Kier molecular flexibility index (Phi) is 6.89. The molecular formula is C14H24N4O4. The molecule has 0 saturated carbocycles. The molecule has 2 atom stereocenters. The molecule has 0 aliphatic heterocycles. The van der Waals surface area contributed by atoms with Crippen molar-refractivity contribution < 1.29 is 19.5 Å². The van der Waals surface area contributed by atoms with Crippen molar-refractivity contribution in [3.63, 3.8) is 0 Å². The molecule has 0 aromatic heterocycles. The zero-order valence-electron chi connectivity index (χ0n) is 13.5. The molecule has 22 heavy (non-hydrogen) atoms. The van der Waals surface area contributed by atoms with Crippen LogP contribution in [0.15, 0.2) is 0 Å². The minimum Gasteiger partial charge on any atom is -0.480 e. The fourth-order valence-corrected chi connectivity index (χ4v) is 1.60. The second-order valence-electron chi connectivity index (χ2n) is 6.28. The van der Waals surface area contributed by atoms with Crippen molar-refractivity contribution in [2.45, 2.75) is 53.1 Å². The van der Waals surface area contributed by atoms with Crippen molar-refractivity contribution in [3.05, 3.63) is 0 Å². The van der Waals surface area contributed by atoms with E-state index in [1.54, 1.807) is 20.8 Å². The third-order valence-corrected chi connectivity index (χ3v) is 2.85. The largest absolute Gasteiger partial charge is 0.480 e.